The highest BCUT2D eigenvalue weighted by Gasteiger charge is 2.32. The van der Waals surface area contributed by atoms with Gasteiger partial charge in [0.2, 0.25) is 16.0 Å². The average Bonchev–Trinajstić information content (AvgIpc) is 3.29. The molecule has 0 aliphatic heterocycles. The molecule has 0 amide bonds. The highest BCUT2D eigenvalue weighted by atomic mass is 32.2. The Kier molecular flexibility index (Phi) is 7.39. The Hall–Kier alpha value is -4.06. The van der Waals surface area contributed by atoms with Crippen LogP contribution in [0.5, 0.6) is 11.5 Å². The van der Waals surface area contributed by atoms with Crippen molar-refractivity contribution >= 4 is 16.0 Å². The number of rotatable bonds is 9. The molecular formula is C25H29N7O4S. The number of hydrogen-bond acceptors (Lipinski definition) is 9. The Morgan fingerprint density at radius 1 is 0.919 bits per heavy atom. The standard InChI is InChI=1S/C25H29N7O4S/c1-15-10-19(14-26-11-15)24-29-30-25(32(24)22-20(35-5)8-7-9-21(22)36-6)31-37(33,34)18(4)17(3)23-27-12-16(2)13-28-23/h7-14,17-18H,1-6H3,(H,30,31)/t17-,18+/m0/s1. The molecule has 12 heteroatoms. The Morgan fingerprint density at radius 3 is 2.16 bits per heavy atom. The first-order valence-electron chi connectivity index (χ1n) is 11.5. The molecule has 0 fully saturated rings. The maximum atomic E-state index is 13.6. The number of pyridine rings is 1. The van der Waals surface area contributed by atoms with Crippen molar-refractivity contribution in [1.82, 2.24) is 29.7 Å². The Bertz CT molecular complexity index is 1480. The number of anilines is 1. The average molecular weight is 524 g/mol. The lowest BCUT2D eigenvalue weighted by Gasteiger charge is -2.21. The van der Waals surface area contributed by atoms with Crippen molar-refractivity contribution in [1.29, 1.82) is 0 Å². The summed E-state index contributed by atoms with van der Waals surface area (Å²) < 4.78 is 42.5. The fourth-order valence-electron chi connectivity index (χ4n) is 3.81. The summed E-state index contributed by atoms with van der Waals surface area (Å²) in [5.74, 6) is 1.16. The SMILES string of the molecule is COc1cccc(OC)c1-n1c(NS(=O)(=O)[C@H](C)[C@H](C)c2ncc(C)cn2)nnc1-c1cncc(C)c1. The van der Waals surface area contributed by atoms with Crippen LogP contribution in [-0.2, 0) is 10.0 Å². The van der Waals surface area contributed by atoms with Crippen LogP contribution in [-0.4, -0.2) is 57.6 Å². The molecule has 0 saturated heterocycles. The quantitative estimate of drug-likeness (QED) is 0.348. The summed E-state index contributed by atoms with van der Waals surface area (Å²) >= 11 is 0. The van der Waals surface area contributed by atoms with Crippen LogP contribution in [0.2, 0.25) is 0 Å². The van der Waals surface area contributed by atoms with Crippen LogP contribution in [0.25, 0.3) is 17.1 Å². The summed E-state index contributed by atoms with van der Waals surface area (Å²) in [4.78, 5) is 12.9. The highest BCUT2D eigenvalue weighted by molar-refractivity contribution is 7.93. The van der Waals surface area contributed by atoms with Gasteiger partial charge in [-0.05, 0) is 50.1 Å². The molecule has 11 nitrogen and oxygen atoms in total. The second-order valence-corrected chi connectivity index (χ2v) is 10.7. The minimum absolute atomic E-state index is 0.0248. The lowest BCUT2D eigenvalue weighted by molar-refractivity contribution is 0.391. The van der Waals surface area contributed by atoms with E-state index in [1.54, 1.807) is 61.4 Å². The minimum Gasteiger partial charge on any atom is -0.494 e. The van der Waals surface area contributed by atoms with E-state index in [4.69, 9.17) is 9.47 Å². The predicted molar refractivity (Wildman–Crippen MR) is 140 cm³/mol. The number of benzene rings is 1. The molecular weight excluding hydrogens is 494 g/mol. The van der Waals surface area contributed by atoms with Crippen LogP contribution >= 0.6 is 0 Å². The third-order valence-electron chi connectivity index (χ3n) is 6.06. The van der Waals surface area contributed by atoms with E-state index in [1.807, 2.05) is 19.9 Å². The smallest absolute Gasteiger partial charge is 0.243 e. The van der Waals surface area contributed by atoms with Gasteiger partial charge in [-0.2, -0.15) is 0 Å². The molecule has 0 unspecified atom stereocenters. The Labute approximate surface area is 216 Å². The van der Waals surface area contributed by atoms with Crippen LogP contribution < -0.4 is 14.2 Å². The summed E-state index contributed by atoms with van der Waals surface area (Å²) in [5.41, 5.74) is 2.87. The molecule has 0 radical (unpaired) electrons. The molecule has 1 N–H and O–H groups in total. The van der Waals surface area contributed by atoms with Crippen molar-refractivity contribution in [2.24, 2.45) is 0 Å². The van der Waals surface area contributed by atoms with Gasteiger partial charge in [-0.1, -0.05) is 13.0 Å². The zero-order valence-electron chi connectivity index (χ0n) is 21.5. The number of ether oxygens (including phenoxy) is 2. The molecule has 4 aromatic rings. The van der Waals surface area contributed by atoms with E-state index in [2.05, 4.69) is 29.9 Å². The third kappa shape index (κ3) is 5.24. The van der Waals surface area contributed by atoms with Gasteiger partial charge in [0.1, 0.15) is 23.0 Å². The summed E-state index contributed by atoms with van der Waals surface area (Å²) in [6.45, 7) is 7.15. The van der Waals surface area contributed by atoms with Crippen LogP contribution in [0.3, 0.4) is 0 Å². The first kappa shape index (κ1) is 26.0. The minimum atomic E-state index is -3.97. The second kappa shape index (κ2) is 10.5. The number of aromatic nitrogens is 6. The van der Waals surface area contributed by atoms with Gasteiger partial charge in [-0.3, -0.25) is 14.3 Å². The summed E-state index contributed by atoms with van der Waals surface area (Å²) in [5, 5.41) is 7.65. The fourth-order valence-corrected chi connectivity index (χ4v) is 5.05. The number of sulfonamides is 1. The van der Waals surface area contributed by atoms with Crippen molar-refractivity contribution in [3.05, 3.63) is 66.0 Å². The highest BCUT2D eigenvalue weighted by Crippen LogP contribution is 2.38. The largest absolute Gasteiger partial charge is 0.494 e. The van der Waals surface area contributed by atoms with Crippen LogP contribution in [0.4, 0.5) is 5.95 Å². The van der Waals surface area contributed by atoms with Crippen molar-refractivity contribution in [3.8, 4) is 28.6 Å². The van der Waals surface area contributed by atoms with Gasteiger partial charge in [0.05, 0.1) is 19.5 Å². The van der Waals surface area contributed by atoms with Crippen LogP contribution in [0.15, 0.2) is 49.1 Å². The molecule has 194 valence electrons. The Morgan fingerprint density at radius 2 is 1.57 bits per heavy atom. The summed E-state index contributed by atoms with van der Waals surface area (Å²) in [7, 11) is -0.929. The van der Waals surface area contributed by atoms with Crippen LogP contribution in [0, 0.1) is 13.8 Å². The number of methoxy groups -OCH3 is 2. The number of hydrogen-bond donors (Lipinski definition) is 1. The van der Waals surface area contributed by atoms with E-state index in [1.165, 1.54) is 14.2 Å². The molecule has 0 aliphatic carbocycles. The lowest BCUT2D eigenvalue weighted by atomic mass is 10.1. The Balaban J connectivity index is 1.83. The second-order valence-electron chi connectivity index (χ2n) is 8.70. The van der Waals surface area contributed by atoms with E-state index in [9.17, 15) is 8.42 Å². The van der Waals surface area contributed by atoms with Crippen molar-refractivity contribution in [2.45, 2.75) is 38.9 Å². The fraction of sp³-hybridized carbons (Fsp3) is 0.320. The maximum Gasteiger partial charge on any atom is 0.243 e. The molecule has 0 aliphatic rings. The molecule has 2 atom stereocenters. The lowest BCUT2D eigenvalue weighted by Crippen LogP contribution is -2.31. The number of para-hydroxylation sites is 1. The predicted octanol–water partition coefficient (Wildman–Crippen LogP) is 3.69. The van der Waals surface area contributed by atoms with Gasteiger partial charge in [-0.15, -0.1) is 10.2 Å². The molecule has 0 spiro atoms. The van der Waals surface area contributed by atoms with Gasteiger partial charge in [0, 0.05) is 36.3 Å². The van der Waals surface area contributed by atoms with Gasteiger partial charge >= 0.3 is 0 Å². The molecule has 4 rings (SSSR count). The van der Waals surface area contributed by atoms with Gasteiger partial charge < -0.3 is 9.47 Å². The van der Waals surface area contributed by atoms with Crippen molar-refractivity contribution < 1.29 is 17.9 Å². The molecule has 1 aromatic carbocycles. The van der Waals surface area contributed by atoms with E-state index >= 15 is 0 Å². The van der Waals surface area contributed by atoms with Gasteiger partial charge in [-0.25, -0.2) is 18.4 Å². The van der Waals surface area contributed by atoms with E-state index in [0.29, 0.717) is 34.4 Å². The van der Waals surface area contributed by atoms with Gasteiger partial charge in [0.15, 0.2) is 5.82 Å². The number of nitrogens with zero attached hydrogens (tertiary/aromatic N) is 6. The molecule has 3 heterocycles. The van der Waals surface area contributed by atoms with Gasteiger partial charge in [0.25, 0.3) is 0 Å². The molecule has 0 saturated carbocycles. The molecule has 37 heavy (non-hydrogen) atoms. The molecule has 3 aromatic heterocycles. The van der Waals surface area contributed by atoms with Crippen molar-refractivity contribution in [2.75, 3.05) is 18.9 Å². The normalized spacial score (nSPS) is 13.1. The third-order valence-corrected chi connectivity index (χ3v) is 7.91. The topological polar surface area (TPSA) is 134 Å². The summed E-state index contributed by atoms with van der Waals surface area (Å²) in [6, 6.07) is 7.14. The first-order valence-corrected chi connectivity index (χ1v) is 13.1. The zero-order chi connectivity index (χ0) is 26.7. The molecule has 0 bridgehead atoms. The zero-order valence-corrected chi connectivity index (χ0v) is 22.3. The monoisotopic (exact) mass is 523 g/mol. The first-order chi connectivity index (χ1) is 17.7. The summed E-state index contributed by atoms with van der Waals surface area (Å²) in [6.07, 6.45) is 6.68. The van der Waals surface area contributed by atoms with E-state index in [-0.39, 0.29) is 5.95 Å². The maximum absolute atomic E-state index is 13.6. The number of nitrogens with one attached hydrogen (secondary N) is 1. The number of aryl methyl sites for hydroxylation is 2. The van der Waals surface area contributed by atoms with E-state index < -0.39 is 21.2 Å². The van der Waals surface area contributed by atoms with Crippen LogP contribution in [0.1, 0.15) is 36.7 Å². The van der Waals surface area contributed by atoms with E-state index in [0.717, 1.165) is 11.1 Å². The van der Waals surface area contributed by atoms with Crippen molar-refractivity contribution in [3.63, 3.8) is 0 Å².